The molecule has 0 radical (unpaired) electrons. The Morgan fingerprint density at radius 3 is 2.03 bits per heavy atom. The number of carbonyl (C=O) groups is 2. The number of hydrogen-bond donors (Lipinski definition) is 1. The molecule has 5 heteroatoms. The van der Waals surface area contributed by atoms with Gasteiger partial charge in [-0.15, -0.1) is 0 Å². The van der Waals surface area contributed by atoms with Crippen molar-refractivity contribution in [3.05, 3.63) is 108 Å². The van der Waals surface area contributed by atoms with Gasteiger partial charge in [-0.05, 0) is 47.9 Å². The average molecular weight is 469 g/mol. The van der Waals surface area contributed by atoms with Gasteiger partial charge >= 0.3 is 5.97 Å². The molecule has 3 aromatic carbocycles. The molecule has 5 rings (SSSR count). The number of hydrogen-bond acceptors (Lipinski definition) is 4. The second-order valence-electron chi connectivity index (χ2n) is 9.64. The van der Waals surface area contributed by atoms with Crippen LogP contribution in [0.4, 0.5) is 0 Å². The van der Waals surface area contributed by atoms with Gasteiger partial charge in [0.2, 0.25) is 5.91 Å². The quantitative estimate of drug-likeness (QED) is 0.499. The van der Waals surface area contributed by atoms with Gasteiger partial charge in [-0.25, -0.2) is 4.79 Å². The van der Waals surface area contributed by atoms with E-state index in [0.717, 1.165) is 17.7 Å². The Bertz CT molecular complexity index is 1100. The first-order valence-corrected chi connectivity index (χ1v) is 12.4. The molecular weight excluding hydrogens is 436 g/mol. The number of nitrogens with zero attached hydrogens (tertiary/aromatic N) is 1. The van der Waals surface area contributed by atoms with E-state index in [4.69, 9.17) is 4.74 Å². The second kappa shape index (κ2) is 10.4. The molecule has 0 bridgehead atoms. The lowest BCUT2D eigenvalue weighted by Crippen LogP contribution is -2.44. The number of benzene rings is 3. The van der Waals surface area contributed by atoms with Crippen molar-refractivity contribution in [2.24, 2.45) is 5.92 Å². The highest BCUT2D eigenvalue weighted by Gasteiger charge is 2.44. The van der Waals surface area contributed by atoms with Crippen LogP contribution < -0.4 is 5.32 Å². The summed E-state index contributed by atoms with van der Waals surface area (Å²) in [7, 11) is 1.40. The summed E-state index contributed by atoms with van der Waals surface area (Å²) in [6, 6.07) is 29.7. The minimum atomic E-state index is -0.580. The lowest BCUT2D eigenvalue weighted by Gasteiger charge is -2.28. The van der Waals surface area contributed by atoms with Crippen LogP contribution in [-0.2, 0) is 14.3 Å². The molecule has 1 aliphatic carbocycles. The van der Waals surface area contributed by atoms with Crippen molar-refractivity contribution < 1.29 is 14.3 Å². The first-order chi connectivity index (χ1) is 17.2. The fourth-order valence-electron chi connectivity index (χ4n) is 5.42. The summed E-state index contributed by atoms with van der Waals surface area (Å²) in [4.78, 5) is 28.4. The van der Waals surface area contributed by atoms with E-state index in [2.05, 4.69) is 29.6 Å². The first kappa shape index (κ1) is 23.3. The standard InChI is InChI=1S/C30H32N2O3/c1-35-30(34)27-18-25(31-19-24-17-26(24)21-11-5-2-6-12-21)20-32(27)29(33)28(22-13-7-3-8-14-22)23-15-9-4-10-16-23/h2-16,24-28,31H,17-20H2,1H3/t24-,25-,26-,27-/m0/s1. The van der Waals surface area contributed by atoms with Gasteiger partial charge in [0.25, 0.3) is 0 Å². The van der Waals surface area contributed by atoms with Crippen LogP contribution in [0, 0.1) is 5.92 Å². The Morgan fingerprint density at radius 2 is 1.46 bits per heavy atom. The maximum atomic E-state index is 14.0. The third kappa shape index (κ3) is 5.15. The van der Waals surface area contributed by atoms with Gasteiger partial charge in [0, 0.05) is 12.6 Å². The molecule has 3 aromatic rings. The van der Waals surface area contributed by atoms with Crippen LogP contribution in [-0.4, -0.2) is 49.1 Å². The molecule has 2 aliphatic rings. The largest absolute Gasteiger partial charge is 0.467 e. The zero-order chi connectivity index (χ0) is 24.2. The monoisotopic (exact) mass is 468 g/mol. The highest BCUT2D eigenvalue weighted by atomic mass is 16.5. The molecule has 180 valence electrons. The van der Waals surface area contributed by atoms with Gasteiger partial charge in [0.15, 0.2) is 0 Å². The average Bonchev–Trinajstić information content (AvgIpc) is 3.57. The Morgan fingerprint density at radius 1 is 0.886 bits per heavy atom. The van der Waals surface area contributed by atoms with E-state index in [1.165, 1.54) is 19.1 Å². The Hall–Kier alpha value is -3.44. The molecule has 1 heterocycles. The first-order valence-electron chi connectivity index (χ1n) is 12.4. The SMILES string of the molecule is COC(=O)[C@@H]1C[C@H](NC[C@@H]2C[C@H]2c2ccccc2)CN1C(=O)C(c1ccccc1)c1ccccc1. The van der Waals surface area contributed by atoms with Gasteiger partial charge in [0.05, 0.1) is 13.0 Å². The van der Waals surface area contributed by atoms with Gasteiger partial charge in [-0.2, -0.15) is 0 Å². The Kier molecular flexibility index (Phi) is 6.96. The predicted octanol–water partition coefficient (Wildman–Crippen LogP) is 4.35. The van der Waals surface area contributed by atoms with Crippen molar-refractivity contribution in [1.82, 2.24) is 10.2 Å². The second-order valence-corrected chi connectivity index (χ2v) is 9.64. The number of methoxy groups -OCH3 is 1. The third-order valence-electron chi connectivity index (χ3n) is 7.39. The van der Waals surface area contributed by atoms with Crippen molar-refractivity contribution in [1.29, 1.82) is 0 Å². The molecule has 2 fully saturated rings. The predicted molar refractivity (Wildman–Crippen MR) is 136 cm³/mol. The van der Waals surface area contributed by atoms with Crippen LogP contribution in [0.15, 0.2) is 91.0 Å². The minimum absolute atomic E-state index is 0.0596. The third-order valence-corrected chi connectivity index (χ3v) is 7.39. The highest BCUT2D eigenvalue weighted by Crippen LogP contribution is 2.47. The molecule has 1 saturated carbocycles. The topological polar surface area (TPSA) is 58.6 Å². The maximum absolute atomic E-state index is 14.0. The summed E-state index contributed by atoms with van der Waals surface area (Å²) in [6.45, 7) is 1.39. The molecule has 0 aromatic heterocycles. The number of amides is 1. The molecule has 4 atom stereocenters. The normalized spacial score (nSPS) is 23.3. The van der Waals surface area contributed by atoms with Crippen LogP contribution in [0.3, 0.4) is 0 Å². The van der Waals surface area contributed by atoms with Crippen LogP contribution in [0.1, 0.15) is 41.4 Å². The van der Waals surface area contributed by atoms with Crippen LogP contribution in [0.5, 0.6) is 0 Å². The smallest absolute Gasteiger partial charge is 0.328 e. The zero-order valence-corrected chi connectivity index (χ0v) is 20.0. The van der Waals surface area contributed by atoms with E-state index in [1.54, 1.807) is 4.90 Å². The van der Waals surface area contributed by atoms with Crippen molar-refractivity contribution in [2.45, 2.75) is 36.8 Å². The van der Waals surface area contributed by atoms with Crippen molar-refractivity contribution in [3.63, 3.8) is 0 Å². The van der Waals surface area contributed by atoms with Crippen LogP contribution in [0.2, 0.25) is 0 Å². The minimum Gasteiger partial charge on any atom is -0.467 e. The maximum Gasteiger partial charge on any atom is 0.328 e. The summed E-state index contributed by atoms with van der Waals surface area (Å²) < 4.78 is 5.11. The Labute approximate surface area is 207 Å². The number of nitrogens with one attached hydrogen (secondary N) is 1. The number of likely N-dealkylation sites (tertiary alicyclic amines) is 1. The van der Waals surface area contributed by atoms with Gasteiger partial charge < -0.3 is 15.0 Å². The van der Waals surface area contributed by atoms with Crippen LogP contribution >= 0.6 is 0 Å². The lowest BCUT2D eigenvalue weighted by atomic mass is 9.90. The van der Waals surface area contributed by atoms with Crippen molar-refractivity contribution >= 4 is 11.9 Å². The summed E-state index contributed by atoms with van der Waals surface area (Å²) in [5.41, 5.74) is 3.24. The van der Waals surface area contributed by atoms with E-state index in [-0.39, 0.29) is 17.9 Å². The van der Waals surface area contributed by atoms with Gasteiger partial charge in [-0.3, -0.25) is 4.79 Å². The number of rotatable bonds is 8. The molecular formula is C30H32N2O3. The fraction of sp³-hybridized carbons (Fsp3) is 0.333. The number of ether oxygens (including phenoxy) is 1. The molecule has 35 heavy (non-hydrogen) atoms. The van der Waals surface area contributed by atoms with E-state index in [1.807, 2.05) is 66.7 Å². The molecule has 0 spiro atoms. The summed E-state index contributed by atoms with van der Waals surface area (Å²) in [6.07, 6.45) is 1.74. The molecule has 1 aliphatic heterocycles. The van der Waals surface area contributed by atoms with E-state index < -0.39 is 12.0 Å². The summed E-state index contributed by atoms with van der Waals surface area (Å²) in [5.74, 6) is 0.320. The van der Waals surface area contributed by atoms with Crippen molar-refractivity contribution in [2.75, 3.05) is 20.2 Å². The molecule has 0 unspecified atom stereocenters. The summed E-state index contributed by atoms with van der Waals surface area (Å²) in [5, 5.41) is 3.65. The summed E-state index contributed by atoms with van der Waals surface area (Å²) >= 11 is 0. The number of carbonyl (C=O) groups excluding carboxylic acids is 2. The molecule has 1 N–H and O–H groups in total. The van der Waals surface area contributed by atoms with E-state index in [0.29, 0.717) is 24.8 Å². The lowest BCUT2D eigenvalue weighted by molar-refractivity contribution is -0.151. The molecule has 5 nitrogen and oxygen atoms in total. The van der Waals surface area contributed by atoms with Crippen LogP contribution in [0.25, 0.3) is 0 Å². The van der Waals surface area contributed by atoms with E-state index >= 15 is 0 Å². The molecule has 1 saturated heterocycles. The van der Waals surface area contributed by atoms with E-state index in [9.17, 15) is 9.59 Å². The highest BCUT2D eigenvalue weighted by molar-refractivity contribution is 5.91. The fourth-order valence-corrected chi connectivity index (χ4v) is 5.42. The van der Waals surface area contributed by atoms with Gasteiger partial charge in [0.1, 0.15) is 6.04 Å². The van der Waals surface area contributed by atoms with Gasteiger partial charge in [-0.1, -0.05) is 91.0 Å². The molecule has 1 amide bonds. The zero-order valence-electron chi connectivity index (χ0n) is 20.0. The van der Waals surface area contributed by atoms with Crippen molar-refractivity contribution in [3.8, 4) is 0 Å². The Balaban J connectivity index is 1.31. The number of esters is 1.